The Bertz CT molecular complexity index is 311. The van der Waals surface area contributed by atoms with Crippen LogP contribution in [0.1, 0.15) is 19.3 Å². The van der Waals surface area contributed by atoms with Crippen LogP contribution in [-0.4, -0.2) is 47.0 Å². The Morgan fingerprint density at radius 2 is 1.94 bits per heavy atom. The average molecular weight is 277 g/mol. The highest BCUT2D eigenvalue weighted by Crippen LogP contribution is 2.02. The summed E-state index contributed by atoms with van der Waals surface area (Å²) < 4.78 is 0. The van der Waals surface area contributed by atoms with E-state index in [1.54, 1.807) is 0 Å². The lowest BCUT2D eigenvalue weighted by molar-refractivity contribution is -0.137. The molecule has 0 fully saturated rings. The fourth-order valence-corrected chi connectivity index (χ4v) is 1.68. The molecule has 6 N–H and O–H groups in total. The summed E-state index contributed by atoms with van der Waals surface area (Å²) in [6.45, 7) is 0. The van der Waals surface area contributed by atoms with Gasteiger partial charge in [0.1, 0.15) is 6.04 Å². The van der Waals surface area contributed by atoms with E-state index in [2.05, 4.69) is 5.32 Å². The Hall–Kier alpha value is -1.28. The molecular weight excluding hydrogens is 258 g/mol. The third-order valence-electron chi connectivity index (χ3n) is 2.28. The predicted octanol–water partition coefficient (Wildman–Crippen LogP) is -1.10. The van der Waals surface area contributed by atoms with E-state index in [4.69, 9.17) is 16.6 Å². The third kappa shape index (κ3) is 7.13. The number of amides is 2. The molecule has 0 aromatic carbocycles. The maximum atomic E-state index is 11.6. The first-order valence-corrected chi connectivity index (χ1v) is 6.83. The van der Waals surface area contributed by atoms with E-state index >= 15 is 0 Å². The van der Waals surface area contributed by atoms with Crippen molar-refractivity contribution in [2.24, 2.45) is 11.5 Å². The van der Waals surface area contributed by atoms with Gasteiger partial charge >= 0.3 is 5.97 Å². The molecule has 0 aromatic rings. The van der Waals surface area contributed by atoms with Gasteiger partial charge in [-0.05, 0) is 24.9 Å². The molecule has 0 saturated carbocycles. The number of primary amides is 1. The second-order valence-corrected chi connectivity index (χ2v) is 4.77. The molecule has 2 amide bonds. The number of carbonyl (C=O) groups is 3. The number of aliphatic carboxylic acids is 1. The van der Waals surface area contributed by atoms with Crippen LogP contribution in [0.25, 0.3) is 0 Å². The topological polar surface area (TPSA) is 136 Å². The molecule has 0 spiro atoms. The Morgan fingerprint density at radius 3 is 2.39 bits per heavy atom. The van der Waals surface area contributed by atoms with Crippen LogP contribution in [0.4, 0.5) is 0 Å². The zero-order chi connectivity index (χ0) is 14.1. The normalized spacial score (nSPS) is 13.7. The number of carboxylic acids is 1. The predicted molar refractivity (Wildman–Crippen MR) is 69.0 cm³/mol. The molecule has 0 radical (unpaired) electrons. The standard InChI is InChI=1S/C10H19N3O4S/c1-18-5-4-7(9(12)16)13-10(17)6(11)2-3-8(14)15/h6-7H,2-5,11H2,1H3,(H2,12,16)(H,13,17)(H,14,15)/t6-,7-/m0/s1. The van der Waals surface area contributed by atoms with Gasteiger partial charge in [0, 0.05) is 6.42 Å². The van der Waals surface area contributed by atoms with Crippen LogP contribution < -0.4 is 16.8 Å². The van der Waals surface area contributed by atoms with Crippen molar-refractivity contribution < 1.29 is 19.5 Å². The van der Waals surface area contributed by atoms with E-state index < -0.39 is 29.9 Å². The van der Waals surface area contributed by atoms with Crippen molar-refractivity contribution in [2.75, 3.05) is 12.0 Å². The molecule has 0 bridgehead atoms. The molecule has 0 aliphatic heterocycles. The van der Waals surface area contributed by atoms with Crippen LogP contribution in [0.2, 0.25) is 0 Å². The number of nitrogens with one attached hydrogen (secondary N) is 1. The lowest BCUT2D eigenvalue weighted by Crippen LogP contribution is -2.50. The van der Waals surface area contributed by atoms with Gasteiger partial charge in [-0.2, -0.15) is 11.8 Å². The smallest absolute Gasteiger partial charge is 0.303 e. The minimum atomic E-state index is -1.02. The van der Waals surface area contributed by atoms with Crippen molar-refractivity contribution in [1.82, 2.24) is 5.32 Å². The maximum Gasteiger partial charge on any atom is 0.303 e. The minimum Gasteiger partial charge on any atom is -0.481 e. The summed E-state index contributed by atoms with van der Waals surface area (Å²) in [5.74, 6) is -1.52. The van der Waals surface area contributed by atoms with Gasteiger partial charge in [-0.25, -0.2) is 0 Å². The van der Waals surface area contributed by atoms with Crippen LogP contribution in [-0.2, 0) is 14.4 Å². The monoisotopic (exact) mass is 277 g/mol. The minimum absolute atomic E-state index is 0.0230. The molecule has 0 unspecified atom stereocenters. The number of hydrogen-bond acceptors (Lipinski definition) is 5. The van der Waals surface area contributed by atoms with Gasteiger partial charge in [0.05, 0.1) is 6.04 Å². The highest BCUT2D eigenvalue weighted by atomic mass is 32.2. The molecule has 8 heteroatoms. The van der Waals surface area contributed by atoms with Crippen LogP contribution in [0.5, 0.6) is 0 Å². The van der Waals surface area contributed by atoms with Crippen molar-refractivity contribution in [2.45, 2.75) is 31.3 Å². The Morgan fingerprint density at radius 1 is 1.33 bits per heavy atom. The number of hydrogen-bond donors (Lipinski definition) is 4. The highest BCUT2D eigenvalue weighted by Gasteiger charge is 2.21. The van der Waals surface area contributed by atoms with E-state index in [0.29, 0.717) is 12.2 Å². The molecule has 2 atom stereocenters. The van der Waals surface area contributed by atoms with Crippen molar-refractivity contribution in [3.63, 3.8) is 0 Å². The summed E-state index contributed by atoms with van der Waals surface area (Å²) in [5.41, 5.74) is 10.7. The molecule has 0 saturated heterocycles. The zero-order valence-corrected chi connectivity index (χ0v) is 11.0. The molecule has 0 aliphatic carbocycles. The number of carbonyl (C=O) groups excluding carboxylic acids is 2. The molecular formula is C10H19N3O4S. The third-order valence-corrected chi connectivity index (χ3v) is 2.92. The summed E-state index contributed by atoms with van der Waals surface area (Å²) in [7, 11) is 0. The van der Waals surface area contributed by atoms with Gasteiger partial charge in [-0.15, -0.1) is 0 Å². The SMILES string of the molecule is CSCC[C@H](NC(=O)[C@@H](N)CCC(=O)O)C(N)=O. The second kappa shape index (κ2) is 8.76. The van der Waals surface area contributed by atoms with Crippen LogP contribution >= 0.6 is 11.8 Å². The first-order chi connectivity index (χ1) is 8.38. The summed E-state index contributed by atoms with van der Waals surface area (Å²) in [6, 6.07) is -1.71. The van der Waals surface area contributed by atoms with E-state index in [-0.39, 0.29) is 12.8 Å². The quantitative estimate of drug-likeness (QED) is 0.422. The van der Waals surface area contributed by atoms with E-state index in [1.165, 1.54) is 11.8 Å². The summed E-state index contributed by atoms with van der Waals surface area (Å²) >= 11 is 1.53. The van der Waals surface area contributed by atoms with E-state index in [1.807, 2.05) is 6.26 Å². The largest absolute Gasteiger partial charge is 0.481 e. The van der Waals surface area contributed by atoms with Crippen molar-refractivity contribution in [1.29, 1.82) is 0 Å². The number of rotatable bonds is 9. The van der Waals surface area contributed by atoms with Gasteiger partial charge in [0.2, 0.25) is 11.8 Å². The molecule has 18 heavy (non-hydrogen) atoms. The first-order valence-electron chi connectivity index (χ1n) is 5.44. The maximum absolute atomic E-state index is 11.6. The average Bonchev–Trinajstić information content (AvgIpc) is 2.30. The molecule has 104 valence electrons. The van der Waals surface area contributed by atoms with Crippen molar-refractivity contribution in [3.8, 4) is 0 Å². The first kappa shape index (κ1) is 16.7. The summed E-state index contributed by atoms with van der Waals surface area (Å²) in [5, 5.41) is 10.9. The molecule has 0 heterocycles. The molecule has 0 aromatic heterocycles. The van der Waals surface area contributed by atoms with Gasteiger partial charge in [0.25, 0.3) is 0 Å². The Kier molecular flexibility index (Phi) is 8.14. The fraction of sp³-hybridized carbons (Fsp3) is 0.700. The van der Waals surface area contributed by atoms with Gasteiger partial charge in [0.15, 0.2) is 0 Å². The van der Waals surface area contributed by atoms with Gasteiger partial charge in [-0.1, -0.05) is 0 Å². The number of nitrogens with two attached hydrogens (primary N) is 2. The Labute approximate surface area is 110 Å². The highest BCUT2D eigenvalue weighted by molar-refractivity contribution is 7.98. The van der Waals surface area contributed by atoms with Gasteiger partial charge < -0.3 is 21.9 Å². The van der Waals surface area contributed by atoms with Crippen LogP contribution in [0, 0.1) is 0 Å². The van der Waals surface area contributed by atoms with E-state index in [0.717, 1.165) is 0 Å². The lowest BCUT2D eigenvalue weighted by Gasteiger charge is -2.17. The molecule has 0 aliphatic rings. The Balaban J connectivity index is 4.22. The van der Waals surface area contributed by atoms with Crippen molar-refractivity contribution >= 4 is 29.5 Å². The molecule has 0 rings (SSSR count). The zero-order valence-electron chi connectivity index (χ0n) is 10.2. The lowest BCUT2D eigenvalue weighted by atomic mass is 10.1. The summed E-state index contributed by atoms with van der Waals surface area (Å²) in [6.07, 6.45) is 2.13. The second-order valence-electron chi connectivity index (χ2n) is 3.78. The number of carboxylic acid groups (broad SMARTS) is 1. The van der Waals surface area contributed by atoms with Crippen LogP contribution in [0.15, 0.2) is 0 Å². The van der Waals surface area contributed by atoms with E-state index in [9.17, 15) is 14.4 Å². The number of thioether (sulfide) groups is 1. The fourth-order valence-electron chi connectivity index (χ4n) is 1.21. The molecule has 7 nitrogen and oxygen atoms in total. The van der Waals surface area contributed by atoms with Crippen LogP contribution in [0.3, 0.4) is 0 Å². The van der Waals surface area contributed by atoms with Crippen molar-refractivity contribution in [3.05, 3.63) is 0 Å². The van der Waals surface area contributed by atoms with Gasteiger partial charge in [-0.3, -0.25) is 14.4 Å². The summed E-state index contributed by atoms with van der Waals surface area (Å²) in [4.78, 5) is 33.0.